The van der Waals surface area contributed by atoms with Crippen molar-refractivity contribution in [2.45, 2.75) is 32.4 Å². The first-order valence-corrected chi connectivity index (χ1v) is 11.2. The zero-order valence-corrected chi connectivity index (χ0v) is 17.0. The lowest BCUT2D eigenvalue weighted by Crippen LogP contribution is -2.31. The molecule has 0 bridgehead atoms. The molecular weight excluding hydrogens is 376 g/mol. The highest BCUT2D eigenvalue weighted by atomic mass is 32.2. The van der Waals surface area contributed by atoms with Crippen molar-refractivity contribution >= 4 is 21.6 Å². The Morgan fingerprint density at radius 2 is 1.96 bits per heavy atom. The van der Waals surface area contributed by atoms with Crippen LogP contribution in [0.4, 0.5) is 5.69 Å². The fourth-order valence-electron chi connectivity index (χ4n) is 3.22. The molecule has 0 spiro atoms. The van der Waals surface area contributed by atoms with Crippen LogP contribution in [0.3, 0.4) is 0 Å². The Labute approximate surface area is 166 Å². The highest BCUT2D eigenvalue weighted by Crippen LogP contribution is 2.22. The Balaban J connectivity index is 1.68. The van der Waals surface area contributed by atoms with Crippen LogP contribution in [0.5, 0.6) is 0 Å². The summed E-state index contributed by atoms with van der Waals surface area (Å²) in [6.07, 6.45) is 3.30. The number of sulfonamides is 1. The third-order valence-corrected chi connectivity index (χ3v) is 5.89. The molecule has 7 heteroatoms. The van der Waals surface area contributed by atoms with Gasteiger partial charge in [0.25, 0.3) is 5.91 Å². The van der Waals surface area contributed by atoms with Gasteiger partial charge in [-0.3, -0.25) is 9.10 Å². The van der Waals surface area contributed by atoms with E-state index in [0.29, 0.717) is 17.8 Å². The first-order chi connectivity index (χ1) is 13.3. The van der Waals surface area contributed by atoms with Crippen molar-refractivity contribution in [2.24, 2.45) is 0 Å². The van der Waals surface area contributed by atoms with Gasteiger partial charge >= 0.3 is 0 Å². The SMILES string of the molecule is Cc1cccc(N(Cc2ccc(C(=O)NC[C@@H]3CCCO3)cc2)S(C)(=O)=O)c1. The van der Waals surface area contributed by atoms with Gasteiger partial charge in [-0.2, -0.15) is 0 Å². The summed E-state index contributed by atoms with van der Waals surface area (Å²) in [6.45, 7) is 3.40. The summed E-state index contributed by atoms with van der Waals surface area (Å²) in [7, 11) is -3.44. The topological polar surface area (TPSA) is 75.7 Å². The van der Waals surface area contributed by atoms with E-state index in [9.17, 15) is 13.2 Å². The van der Waals surface area contributed by atoms with Crippen molar-refractivity contribution in [2.75, 3.05) is 23.7 Å². The van der Waals surface area contributed by atoms with Gasteiger partial charge in [0.05, 0.1) is 24.6 Å². The molecule has 1 atom stereocenters. The fourth-order valence-corrected chi connectivity index (χ4v) is 4.10. The number of carbonyl (C=O) groups is 1. The van der Waals surface area contributed by atoms with Crippen LogP contribution in [0.25, 0.3) is 0 Å². The van der Waals surface area contributed by atoms with Gasteiger partial charge in [0.15, 0.2) is 0 Å². The first-order valence-electron chi connectivity index (χ1n) is 9.36. The van der Waals surface area contributed by atoms with Gasteiger partial charge in [-0.15, -0.1) is 0 Å². The van der Waals surface area contributed by atoms with E-state index < -0.39 is 10.0 Å². The molecule has 1 N–H and O–H groups in total. The predicted octanol–water partition coefficient (Wildman–Crippen LogP) is 2.87. The van der Waals surface area contributed by atoms with Crippen molar-refractivity contribution in [3.8, 4) is 0 Å². The van der Waals surface area contributed by atoms with Crippen molar-refractivity contribution in [1.29, 1.82) is 0 Å². The molecule has 1 saturated heterocycles. The second kappa shape index (κ2) is 8.75. The van der Waals surface area contributed by atoms with E-state index in [1.54, 1.807) is 30.3 Å². The summed E-state index contributed by atoms with van der Waals surface area (Å²) in [5.74, 6) is -0.152. The van der Waals surface area contributed by atoms with E-state index in [4.69, 9.17) is 4.74 Å². The number of amides is 1. The fraction of sp³-hybridized carbons (Fsp3) is 0.381. The van der Waals surface area contributed by atoms with Gasteiger partial charge in [0.2, 0.25) is 10.0 Å². The normalized spacial score (nSPS) is 16.7. The Morgan fingerprint density at radius 3 is 2.57 bits per heavy atom. The van der Waals surface area contributed by atoms with Crippen LogP contribution >= 0.6 is 0 Å². The lowest BCUT2D eigenvalue weighted by Gasteiger charge is -2.23. The van der Waals surface area contributed by atoms with Crippen LogP contribution in [-0.4, -0.2) is 39.8 Å². The third-order valence-electron chi connectivity index (χ3n) is 4.75. The molecular formula is C21H26N2O4S. The maximum Gasteiger partial charge on any atom is 0.251 e. The van der Waals surface area contributed by atoms with E-state index in [2.05, 4.69) is 5.32 Å². The molecule has 1 aliphatic rings. The van der Waals surface area contributed by atoms with Crippen LogP contribution in [0, 0.1) is 6.92 Å². The Kier molecular flexibility index (Phi) is 6.36. The average molecular weight is 403 g/mol. The zero-order chi connectivity index (χ0) is 20.1. The van der Waals surface area contributed by atoms with E-state index in [1.165, 1.54) is 10.6 Å². The van der Waals surface area contributed by atoms with E-state index in [1.807, 2.05) is 25.1 Å². The van der Waals surface area contributed by atoms with Crippen molar-refractivity contribution in [3.05, 3.63) is 65.2 Å². The highest BCUT2D eigenvalue weighted by Gasteiger charge is 2.19. The second-order valence-electron chi connectivity index (χ2n) is 7.15. The van der Waals surface area contributed by atoms with E-state index in [0.717, 1.165) is 30.6 Å². The highest BCUT2D eigenvalue weighted by molar-refractivity contribution is 7.92. The molecule has 0 saturated carbocycles. The number of anilines is 1. The number of hydrogen-bond acceptors (Lipinski definition) is 4. The quantitative estimate of drug-likeness (QED) is 0.773. The molecule has 28 heavy (non-hydrogen) atoms. The van der Waals surface area contributed by atoms with Gasteiger partial charge < -0.3 is 10.1 Å². The zero-order valence-electron chi connectivity index (χ0n) is 16.2. The maximum absolute atomic E-state index is 12.3. The predicted molar refractivity (Wildman–Crippen MR) is 110 cm³/mol. The lowest BCUT2D eigenvalue weighted by atomic mass is 10.1. The number of carbonyl (C=O) groups excluding carboxylic acids is 1. The minimum atomic E-state index is -3.44. The van der Waals surface area contributed by atoms with Crippen molar-refractivity contribution < 1.29 is 17.9 Å². The van der Waals surface area contributed by atoms with Crippen LogP contribution in [-0.2, 0) is 21.3 Å². The molecule has 3 rings (SSSR count). The molecule has 2 aromatic carbocycles. The first kappa shape index (κ1) is 20.4. The minimum Gasteiger partial charge on any atom is -0.376 e. The molecule has 0 aromatic heterocycles. The molecule has 1 heterocycles. The number of nitrogens with one attached hydrogen (secondary N) is 1. The van der Waals surface area contributed by atoms with Crippen molar-refractivity contribution in [3.63, 3.8) is 0 Å². The standard InChI is InChI=1S/C21H26N2O4S/c1-16-5-3-6-19(13-16)23(28(2,25)26)15-17-8-10-18(11-9-17)21(24)22-14-20-7-4-12-27-20/h3,5-6,8-11,13,20H,4,7,12,14-15H2,1-2H3,(H,22,24)/t20-/m0/s1. The third kappa shape index (κ3) is 5.33. The van der Waals surface area contributed by atoms with E-state index >= 15 is 0 Å². The summed E-state index contributed by atoms with van der Waals surface area (Å²) in [4.78, 5) is 12.3. The Morgan fingerprint density at radius 1 is 1.21 bits per heavy atom. The molecule has 0 aliphatic carbocycles. The van der Waals surface area contributed by atoms with Crippen LogP contribution in [0.1, 0.15) is 34.3 Å². The molecule has 2 aromatic rings. The summed E-state index contributed by atoms with van der Waals surface area (Å²) < 4.78 is 31.4. The molecule has 0 unspecified atom stereocenters. The number of rotatable bonds is 7. The smallest absolute Gasteiger partial charge is 0.251 e. The maximum atomic E-state index is 12.3. The summed E-state index contributed by atoms with van der Waals surface area (Å²) in [5.41, 5.74) is 2.97. The molecule has 1 fully saturated rings. The van der Waals surface area contributed by atoms with Crippen LogP contribution in [0.2, 0.25) is 0 Å². The molecule has 6 nitrogen and oxygen atoms in total. The van der Waals surface area contributed by atoms with Gasteiger partial charge in [0.1, 0.15) is 0 Å². The van der Waals surface area contributed by atoms with E-state index in [-0.39, 0.29) is 18.6 Å². The Hall–Kier alpha value is -2.38. The second-order valence-corrected chi connectivity index (χ2v) is 9.06. The minimum absolute atomic E-state index is 0.0980. The molecule has 1 aliphatic heterocycles. The number of benzene rings is 2. The van der Waals surface area contributed by atoms with Crippen LogP contribution < -0.4 is 9.62 Å². The lowest BCUT2D eigenvalue weighted by molar-refractivity contribution is 0.0858. The number of ether oxygens (including phenoxy) is 1. The van der Waals surface area contributed by atoms with Gasteiger partial charge in [-0.05, 0) is 55.2 Å². The Bertz CT molecular complexity index is 920. The molecule has 150 valence electrons. The largest absolute Gasteiger partial charge is 0.376 e. The number of hydrogen-bond donors (Lipinski definition) is 1. The van der Waals surface area contributed by atoms with Crippen molar-refractivity contribution in [1.82, 2.24) is 5.32 Å². The number of aryl methyl sites for hydroxylation is 1. The van der Waals surface area contributed by atoms with Gasteiger partial charge in [0, 0.05) is 18.7 Å². The van der Waals surface area contributed by atoms with Gasteiger partial charge in [-0.25, -0.2) is 8.42 Å². The monoisotopic (exact) mass is 402 g/mol. The number of nitrogens with zero attached hydrogens (tertiary/aromatic N) is 1. The molecule has 1 amide bonds. The van der Waals surface area contributed by atoms with Gasteiger partial charge in [-0.1, -0.05) is 24.3 Å². The summed E-state index contributed by atoms with van der Waals surface area (Å²) in [6, 6.07) is 14.4. The van der Waals surface area contributed by atoms with Crippen LogP contribution in [0.15, 0.2) is 48.5 Å². The summed E-state index contributed by atoms with van der Waals surface area (Å²) in [5, 5.41) is 2.89. The summed E-state index contributed by atoms with van der Waals surface area (Å²) >= 11 is 0. The molecule has 0 radical (unpaired) electrons. The average Bonchev–Trinajstić information content (AvgIpc) is 3.17.